The van der Waals surface area contributed by atoms with Crippen LogP contribution in [0.1, 0.15) is 12.7 Å². The van der Waals surface area contributed by atoms with Crippen LogP contribution in [-0.2, 0) is 0 Å². The molecule has 0 N–H and O–H groups in total. The average Bonchev–Trinajstić information content (AvgIpc) is 3.86. The van der Waals surface area contributed by atoms with Crippen molar-refractivity contribution in [2.24, 2.45) is 0 Å². The predicted octanol–water partition coefficient (Wildman–Crippen LogP) is 11.8. The Morgan fingerprint density at radius 1 is 0.577 bits per heavy atom. The van der Waals surface area contributed by atoms with Crippen LogP contribution in [0.3, 0.4) is 0 Å². The van der Waals surface area contributed by atoms with Gasteiger partial charge in [0.2, 0.25) is 5.95 Å². The lowest BCUT2D eigenvalue weighted by Gasteiger charge is -2.13. The van der Waals surface area contributed by atoms with Gasteiger partial charge in [0.15, 0.2) is 11.6 Å². The summed E-state index contributed by atoms with van der Waals surface area (Å²) in [6.45, 7) is 5.87. The van der Waals surface area contributed by atoms with Crippen molar-refractivity contribution in [3.8, 4) is 23.0 Å². The van der Waals surface area contributed by atoms with Gasteiger partial charge in [-0.25, -0.2) is 4.98 Å². The minimum Gasteiger partial charge on any atom is -0.456 e. The van der Waals surface area contributed by atoms with Gasteiger partial charge >= 0.3 is 0 Å². The largest absolute Gasteiger partial charge is 0.456 e. The van der Waals surface area contributed by atoms with Crippen LogP contribution >= 0.6 is 0 Å². The second-order valence-electron chi connectivity index (χ2n) is 12.9. The normalized spacial score (nSPS) is 12.4. The molecule has 0 fully saturated rings. The van der Waals surface area contributed by atoms with Crippen LogP contribution in [0.25, 0.3) is 94.1 Å². The molecule has 0 saturated carbocycles. The van der Waals surface area contributed by atoms with E-state index in [4.69, 9.17) is 19.4 Å². The van der Waals surface area contributed by atoms with Crippen LogP contribution in [-0.4, -0.2) is 24.1 Å². The predicted molar refractivity (Wildman–Crippen MR) is 214 cm³/mol. The molecule has 0 radical (unpaired) electrons. The van der Waals surface area contributed by atoms with Crippen LogP contribution in [0.15, 0.2) is 169 Å². The van der Waals surface area contributed by atoms with Gasteiger partial charge in [0.25, 0.3) is 0 Å². The topological polar surface area (TPSA) is 61.7 Å². The summed E-state index contributed by atoms with van der Waals surface area (Å²) in [5.41, 5.74) is 8.74. The highest BCUT2D eigenvalue weighted by molar-refractivity contribution is 6.23. The Kier molecular flexibility index (Phi) is 6.76. The molecule has 0 unspecified atom stereocenters. The molecule has 6 nitrogen and oxygen atoms in total. The van der Waals surface area contributed by atoms with E-state index < -0.39 is 0 Å². The van der Waals surface area contributed by atoms with E-state index >= 15 is 0 Å². The summed E-state index contributed by atoms with van der Waals surface area (Å²) < 4.78 is 10.9. The zero-order valence-electron chi connectivity index (χ0n) is 28.4. The first-order valence-electron chi connectivity index (χ1n) is 17.3. The van der Waals surface area contributed by atoms with Crippen LogP contribution in [0.2, 0.25) is 0 Å². The number of allylic oxidation sites excluding steroid dienone is 5. The van der Waals surface area contributed by atoms with E-state index in [0.717, 1.165) is 77.0 Å². The van der Waals surface area contributed by atoms with E-state index in [1.54, 1.807) is 6.08 Å². The second kappa shape index (κ2) is 11.8. The summed E-state index contributed by atoms with van der Waals surface area (Å²) in [7, 11) is 0. The van der Waals surface area contributed by atoms with Crippen LogP contribution in [0.5, 0.6) is 0 Å². The summed E-state index contributed by atoms with van der Waals surface area (Å²) >= 11 is 0. The number of hydrogen-bond acceptors (Lipinski definition) is 4. The molecule has 10 aromatic rings. The zero-order valence-corrected chi connectivity index (χ0v) is 28.4. The van der Waals surface area contributed by atoms with E-state index in [1.165, 1.54) is 5.39 Å². The molecule has 4 heterocycles. The number of nitrogens with zero attached hydrogens (tertiary/aromatic N) is 5. The molecule has 0 aliphatic carbocycles. The number of furan rings is 1. The maximum atomic E-state index is 6.30. The number of benzene rings is 6. The Balaban J connectivity index is 1.37. The van der Waals surface area contributed by atoms with E-state index in [9.17, 15) is 0 Å². The number of para-hydroxylation sites is 4. The first kappa shape index (κ1) is 29.8. The van der Waals surface area contributed by atoms with Crippen molar-refractivity contribution < 1.29 is 4.42 Å². The van der Waals surface area contributed by atoms with Gasteiger partial charge in [0.05, 0.1) is 22.1 Å². The van der Waals surface area contributed by atoms with Crippen molar-refractivity contribution in [2.75, 3.05) is 0 Å². The fraction of sp³-hybridized carbons (Fsp3) is 0.0217. The van der Waals surface area contributed by atoms with Gasteiger partial charge in [-0.1, -0.05) is 128 Å². The van der Waals surface area contributed by atoms with E-state index in [-0.39, 0.29) is 0 Å². The van der Waals surface area contributed by atoms with Gasteiger partial charge in [-0.3, -0.25) is 4.57 Å². The Labute approximate surface area is 298 Å². The summed E-state index contributed by atoms with van der Waals surface area (Å²) in [5.74, 6) is 1.69. The lowest BCUT2D eigenvalue weighted by molar-refractivity contribution is 0.669. The maximum Gasteiger partial charge on any atom is 0.238 e. The molecule has 246 valence electrons. The highest BCUT2D eigenvalue weighted by atomic mass is 16.3. The van der Waals surface area contributed by atoms with Crippen LogP contribution in [0, 0.1) is 0 Å². The third-order valence-corrected chi connectivity index (χ3v) is 9.90. The molecule has 0 bridgehead atoms. The van der Waals surface area contributed by atoms with Crippen molar-refractivity contribution in [3.05, 3.63) is 170 Å². The monoisotopic (exact) mass is 669 g/mol. The summed E-state index contributed by atoms with van der Waals surface area (Å²) in [6, 6.07) is 46.4. The zero-order chi connectivity index (χ0) is 34.8. The molecular weight excluding hydrogens is 639 g/mol. The molecule has 0 atom stereocenters. The van der Waals surface area contributed by atoms with Crippen LogP contribution in [0.4, 0.5) is 0 Å². The fourth-order valence-corrected chi connectivity index (χ4v) is 7.63. The second-order valence-corrected chi connectivity index (χ2v) is 12.9. The van der Waals surface area contributed by atoms with Gasteiger partial charge in [-0.15, -0.1) is 0 Å². The summed E-state index contributed by atoms with van der Waals surface area (Å²) in [6.07, 6.45) is 7.62. The maximum absolute atomic E-state index is 6.30. The first-order chi connectivity index (χ1) is 25.7. The molecular formula is C46H31N5O. The minimum atomic E-state index is 0.536. The van der Waals surface area contributed by atoms with Crippen molar-refractivity contribution in [1.82, 2.24) is 24.1 Å². The van der Waals surface area contributed by atoms with Crippen molar-refractivity contribution in [2.45, 2.75) is 6.92 Å². The van der Waals surface area contributed by atoms with Crippen molar-refractivity contribution in [3.63, 3.8) is 0 Å². The van der Waals surface area contributed by atoms with E-state index in [1.807, 2.05) is 55.5 Å². The third-order valence-electron chi connectivity index (χ3n) is 9.90. The fourth-order valence-electron chi connectivity index (χ4n) is 7.63. The molecule has 6 heteroatoms. The molecule has 0 saturated heterocycles. The van der Waals surface area contributed by atoms with Gasteiger partial charge in [0, 0.05) is 43.6 Å². The molecule has 0 amide bonds. The Morgan fingerprint density at radius 2 is 1.21 bits per heavy atom. The summed E-state index contributed by atoms with van der Waals surface area (Å²) in [5, 5.41) is 6.58. The quantitative estimate of drug-likeness (QED) is 0.165. The van der Waals surface area contributed by atoms with Crippen LogP contribution < -0.4 is 0 Å². The standard InChI is InChI=1S/C46H31N5O/c1-3-4-6-16-29(2)44-47-45(36-22-15-26-40-41(36)35-21-11-14-25-39(35)52-40)49-46(48-44)51-38-24-13-10-20-32(38)34-28-27-33-31-19-9-12-23-37(31)50(42(33)43(34)51)30-17-7-5-8-18-30/h3-28H,1H2,2H3/b6-4-,29-16+. The number of rotatable bonds is 6. The molecule has 0 spiro atoms. The summed E-state index contributed by atoms with van der Waals surface area (Å²) in [4.78, 5) is 15.7. The molecule has 4 aromatic heterocycles. The van der Waals surface area contributed by atoms with Crippen molar-refractivity contribution >= 4 is 71.1 Å². The van der Waals surface area contributed by atoms with E-state index in [2.05, 4.69) is 119 Å². The highest BCUT2D eigenvalue weighted by Crippen LogP contribution is 2.42. The van der Waals surface area contributed by atoms with Gasteiger partial charge < -0.3 is 8.98 Å². The Hall–Kier alpha value is -7.05. The molecule has 0 aliphatic heterocycles. The number of fused-ring (bicyclic) bond motifs is 10. The van der Waals surface area contributed by atoms with E-state index in [0.29, 0.717) is 17.6 Å². The lowest BCUT2D eigenvalue weighted by atomic mass is 10.1. The minimum absolute atomic E-state index is 0.536. The smallest absolute Gasteiger partial charge is 0.238 e. The third kappa shape index (κ3) is 4.48. The molecule has 6 aromatic carbocycles. The molecule has 52 heavy (non-hydrogen) atoms. The molecule has 0 aliphatic rings. The molecule has 10 rings (SSSR count). The van der Waals surface area contributed by atoms with Crippen molar-refractivity contribution in [1.29, 1.82) is 0 Å². The van der Waals surface area contributed by atoms with Gasteiger partial charge in [0.1, 0.15) is 11.2 Å². The number of aromatic nitrogens is 5. The first-order valence-corrected chi connectivity index (χ1v) is 17.3. The average molecular weight is 670 g/mol. The Morgan fingerprint density at radius 3 is 1.96 bits per heavy atom. The Bertz CT molecular complexity index is 3100. The lowest BCUT2D eigenvalue weighted by Crippen LogP contribution is -2.08. The highest BCUT2D eigenvalue weighted by Gasteiger charge is 2.24. The van der Waals surface area contributed by atoms with Gasteiger partial charge in [-0.2, -0.15) is 9.97 Å². The number of hydrogen-bond donors (Lipinski definition) is 0. The van der Waals surface area contributed by atoms with Gasteiger partial charge in [-0.05, 0) is 48.9 Å². The SMILES string of the molecule is C=C/C=C\C=C(/C)c1nc(-c2cccc3oc4ccccc4c23)nc(-n2c3ccccc3c3ccc4c5ccccc5n(-c5ccccc5)c4c32)n1.